The predicted octanol–water partition coefficient (Wildman–Crippen LogP) is 2.90. The second kappa shape index (κ2) is 6.35. The van der Waals surface area contributed by atoms with Gasteiger partial charge in [-0.3, -0.25) is 4.18 Å². The Morgan fingerprint density at radius 1 is 1.32 bits per heavy atom. The van der Waals surface area contributed by atoms with Crippen LogP contribution in [0.2, 0.25) is 0 Å². The number of nitrogens with two attached hydrogens (primary N) is 1. The number of hydrogen-bond acceptors (Lipinski definition) is 4. The van der Waals surface area contributed by atoms with Crippen molar-refractivity contribution in [2.75, 3.05) is 6.61 Å². The minimum Gasteiger partial charge on any atom is -0.367 e. The maximum absolute atomic E-state index is 11.1. The van der Waals surface area contributed by atoms with E-state index in [0.717, 1.165) is 28.4 Å². The largest absolute Gasteiger partial charge is 0.367 e. The van der Waals surface area contributed by atoms with Gasteiger partial charge >= 0.3 is 10.3 Å². The van der Waals surface area contributed by atoms with Crippen LogP contribution in [0.15, 0.2) is 24.3 Å². The highest BCUT2D eigenvalue weighted by Crippen LogP contribution is 2.52. The molecule has 1 saturated heterocycles. The van der Waals surface area contributed by atoms with Gasteiger partial charge in [-0.05, 0) is 53.5 Å². The first kappa shape index (κ1) is 16.6. The third kappa shape index (κ3) is 3.64. The van der Waals surface area contributed by atoms with Gasteiger partial charge in [0.05, 0.1) is 18.3 Å². The summed E-state index contributed by atoms with van der Waals surface area (Å²) in [6.07, 6.45) is 5.12. The summed E-state index contributed by atoms with van der Waals surface area (Å²) < 4.78 is 34.7. The van der Waals surface area contributed by atoms with Crippen LogP contribution in [0.25, 0.3) is 0 Å². The maximum atomic E-state index is 11.1. The van der Waals surface area contributed by atoms with Gasteiger partial charge in [-0.2, -0.15) is 8.42 Å². The lowest BCUT2D eigenvalue weighted by Crippen LogP contribution is -2.24. The average molecular weight is 437 g/mol. The molecular formula is C15H20INO4S. The molecule has 1 heterocycles. The lowest BCUT2D eigenvalue weighted by atomic mass is 9.89. The van der Waals surface area contributed by atoms with E-state index in [2.05, 4.69) is 22.6 Å². The molecule has 0 aromatic heterocycles. The molecule has 5 nitrogen and oxygen atoms in total. The van der Waals surface area contributed by atoms with E-state index in [0.29, 0.717) is 0 Å². The van der Waals surface area contributed by atoms with E-state index in [1.807, 2.05) is 24.3 Å². The van der Waals surface area contributed by atoms with Crippen LogP contribution >= 0.6 is 22.6 Å². The van der Waals surface area contributed by atoms with Gasteiger partial charge < -0.3 is 4.74 Å². The summed E-state index contributed by atoms with van der Waals surface area (Å²) in [5, 5.41) is 4.98. The summed E-state index contributed by atoms with van der Waals surface area (Å²) >= 11 is 2.29. The minimum atomic E-state index is -3.92. The Labute approximate surface area is 145 Å². The number of ether oxygens (including phenoxy) is 1. The van der Waals surface area contributed by atoms with Gasteiger partial charge in [0.1, 0.15) is 0 Å². The predicted molar refractivity (Wildman–Crippen MR) is 91.4 cm³/mol. The van der Waals surface area contributed by atoms with Gasteiger partial charge in [-0.25, -0.2) is 5.14 Å². The maximum Gasteiger partial charge on any atom is 0.333 e. The van der Waals surface area contributed by atoms with Gasteiger partial charge in [-0.1, -0.05) is 31.0 Å². The molecule has 1 aliphatic heterocycles. The molecule has 0 amide bonds. The highest BCUT2D eigenvalue weighted by Gasteiger charge is 2.48. The Bertz CT molecular complexity index is 643. The number of rotatable bonds is 4. The van der Waals surface area contributed by atoms with Crippen LogP contribution in [-0.2, 0) is 19.2 Å². The highest BCUT2D eigenvalue weighted by atomic mass is 127. The third-order valence-corrected chi connectivity index (χ3v) is 6.06. The summed E-state index contributed by atoms with van der Waals surface area (Å²) in [5.74, 6) is 0.00680. The Hall–Kier alpha value is -0.220. The summed E-state index contributed by atoms with van der Waals surface area (Å²) in [4.78, 5) is 0. The van der Waals surface area contributed by atoms with Crippen LogP contribution in [0, 0.1) is 9.49 Å². The molecule has 1 saturated carbocycles. The number of hydrogen-bond donors (Lipinski definition) is 1. The number of halogens is 1. The molecule has 0 radical (unpaired) electrons. The van der Waals surface area contributed by atoms with Crippen molar-refractivity contribution in [3.8, 4) is 0 Å². The summed E-state index contributed by atoms with van der Waals surface area (Å²) in [6.45, 7) is 0.0796. The second-order valence-corrected chi connectivity index (χ2v) is 8.58. The Balaban J connectivity index is 1.85. The fourth-order valence-electron chi connectivity index (χ4n) is 3.69. The lowest BCUT2D eigenvalue weighted by molar-refractivity contribution is -0.0440. The molecule has 122 valence electrons. The lowest BCUT2D eigenvalue weighted by Gasteiger charge is -2.24. The van der Waals surface area contributed by atoms with Crippen LogP contribution in [0.1, 0.15) is 43.8 Å². The van der Waals surface area contributed by atoms with E-state index in [9.17, 15) is 8.42 Å². The van der Waals surface area contributed by atoms with Crippen LogP contribution < -0.4 is 5.14 Å². The molecule has 1 aliphatic carbocycles. The van der Waals surface area contributed by atoms with Crippen molar-refractivity contribution in [1.29, 1.82) is 0 Å². The van der Waals surface area contributed by atoms with Crippen LogP contribution in [-0.4, -0.2) is 20.6 Å². The van der Waals surface area contributed by atoms with Crippen molar-refractivity contribution < 1.29 is 17.3 Å². The van der Waals surface area contributed by atoms with Gasteiger partial charge in [0, 0.05) is 9.49 Å². The molecule has 22 heavy (non-hydrogen) atoms. The normalized spacial score (nSPS) is 27.5. The van der Waals surface area contributed by atoms with Gasteiger partial charge in [0.15, 0.2) is 0 Å². The molecule has 2 aliphatic rings. The standard InChI is InChI=1S/C15H20INO4S/c16-13-6-2-1-5-12(13)14-11(10-20-22(17,18)19)9-15(21-14)7-3-4-8-15/h1-2,5-6,11,14H,3-4,7-10H2,(H2,17,18,19)/t11-,14+/m0/s1. The van der Waals surface area contributed by atoms with Crippen molar-refractivity contribution >= 4 is 32.9 Å². The molecule has 3 rings (SSSR count). The van der Waals surface area contributed by atoms with E-state index in [-0.39, 0.29) is 24.2 Å². The monoisotopic (exact) mass is 437 g/mol. The fourth-order valence-corrected chi connectivity index (χ4v) is 4.75. The fraction of sp³-hybridized carbons (Fsp3) is 0.600. The Morgan fingerprint density at radius 2 is 2.00 bits per heavy atom. The summed E-state index contributed by atoms with van der Waals surface area (Å²) in [6, 6.07) is 8.06. The van der Waals surface area contributed by atoms with E-state index < -0.39 is 10.3 Å². The van der Waals surface area contributed by atoms with Gasteiger partial charge in [-0.15, -0.1) is 0 Å². The summed E-state index contributed by atoms with van der Waals surface area (Å²) in [5.41, 5.74) is 0.991. The van der Waals surface area contributed by atoms with Crippen LogP contribution in [0.4, 0.5) is 0 Å². The molecule has 2 fully saturated rings. The van der Waals surface area contributed by atoms with Gasteiger partial charge in [0.25, 0.3) is 0 Å². The first-order valence-corrected chi connectivity index (χ1v) is 10.0. The SMILES string of the molecule is NS(=O)(=O)OC[C@@H]1CC2(CCCC2)O[C@H]1c1ccccc1I. The van der Waals surface area contributed by atoms with E-state index >= 15 is 0 Å². The molecular weight excluding hydrogens is 417 g/mol. The molecule has 0 unspecified atom stereocenters. The van der Waals surface area contributed by atoms with E-state index in [1.54, 1.807) is 0 Å². The summed E-state index contributed by atoms with van der Waals surface area (Å²) in [7, 11) is -3.92. The Kier molecular flexibility index (Phi) is 4.80. The topological polar surface area (TPSA) is 78.6 Å². The van der Waals surface area contributed by atoms with Crippen molar-refractivity contribution in [2.45, 2.75) is 43.8 Å². The average Bonchev–Trinajstić information content (AvgIpc) is 3.04. The van der Waals surface area contributed by atoms with Crippen LogP contribution in [0.3, 0.4) is 0 Å². The zero-order chi connectivity index (χ0) is 15.8. The Morgan fingerprint density at radius 3 is 2.64 bits per heavy atom. The molecule has 2 N–H and O–H groups in total. The molecule has 2 atom stereocenters. The van der Waals surface area contributed by atoms with Gasteiger partial charge in [0.2, 0.25) is 0 Å². The molecule has 7 heteroatoms. The van der Waals surface area contributed by atoms with Crippen molar-refractivity contribution in [3.05, 3.63) is 33.4 Å². The zero-order valence-corrected chi connectivity index (χ0v) is 15.2. The third-order valence-electron chi connectivity index (χ3n) is 4.61. The van der Waals surface area contributed by atoms with E-state index in [1.165, 1.54) is 12.8 Å². The first-order valence-electron chi connectivity index (χ1n) is 7.48. The molecule has 0 bridgehead atoms. The molecule has 1 aromatic carbocycles. The molecule has 1 aromatic rings. The van der Waals surface area contributed by atoms with Crippen molar-refractivity contribution in [1.82, 2.24) is 0 Å². The van der Waals surface area contributed by atoms with E-state index in [4.69, 9.17) is 14.1 Å². The quantitative estimate of drug-likeness (QED) is 0.735. The minimum absolute atomic E-state index is 0.00680. The smallest absolute Gasteiger partial charge is 0.333 e. The molecule has 1 spiro atoms. The number of benzene rings is 1. The first-order chi connectivity index (χ1) is 10.4. The zero-order valence-electron chi connectivity index (χ0n) is 12.2. The van der Waals surface area contributed by atoms with Crippen molar-refractivity contribution in [2.24, 2.45) is 11.1 Å². The second-order valence-electron chi connectivity index (χ2n) is 6.19. The highest BCUT2D eigenvalue weighted by molar-refractivity contribution is 14.1. The van der Waals surface area contributed by atoms with Crippen LogP contribution in [0.5, 0.6) is 0 Å². The van der Waals surface area contributed by atoms with Crippen molar-refractivity contribution in [3.63, 3.8) is 0 Å².